The number of aromatic nitrogens is 12. The summed E-state index contributed by atoms with van der Waals surface area (Å²) >= 11 is 11.1. The molecule has 1 N–H and O–H groups in total. The molecule has 0 saturated carbocycles. The zero-order valence-corrected chi connectivity index (χ0v) is 55.9. The van der Waals surface area contributed by atoms with Gasteiger partial charge in [-0.3, -0.25) is 38.7 Å². The van der Waals surface area contributed by atoms with E-state index in [1.54, 1.807) is 60.7 Å². The molecular formula is C64H67Br3N18O5S. The molecule has 14 rings (SSSR count). The van der Waals surface area contributed by atoms with Gasteiger partial charge in [-0.1, -0.05) is 48.2 Å². The second kappa shape index (κ2) is 29.4. The smallest absolute Gasteiger partial charge is 0.278 e. The first-order valence-corrected chi connectivity index (χ1v) is 33.6. The zero-order chi connectivity index (χ0) is 63.7. The number of piperidine rings is 2. The normalized spacial score (nSPS) is 17.3. The maximum Gasteiger partial charge on any atom is 0.278 e. The van der Waals surface area contributed by atoms with Gasteiger partial charge in [0.15, 0.2) is 28.1 Å². The highest BCUT2D eigenvalue weighted by molar-refractivity contribution is 9.11. The molecule has 0 aliphatic carbocycles. The minimum atomic E-state index is -0.233. The van der Waals surface area contributed by atoms with E-state index in [4.69, 9.17) is 9.97 Å². The summed E-state index contributed by atoms with van der Waals surface area (Å²) in [6.45, 7) is 14.8. The third kappa shape index (κ3) is 14.8. The number of fused-ring (bicyclic) bond motifs is 3. The molecule has 3 amide bonds. The number of allylic oxidation sites excluding steroid dienone is 2. The summed E-state index contributed by atoms with van der Waals surface area (Å²) in [5.74, 6) is 5.14. The Hall–Kier alpha value is -8.24. The van der Waals surface area contributed by atoms with Crippen molar-refractivity contribution >= 4 is 134 Å². The molecule has 5 aliphatic heterocycles. The van der Waals surface area contributed by atoms with Crippen molar-refractivity contribution in [2.75, 3.05) is 84.0 Å². The lowest BCUT2D eigenvalue weighted by atomic mass is 9.80. The van der Waals surface area contributed by atoms with Gasteiger partial charge in [-0.25, -0.2) is 53.6 Å². The van der Waals surface area contributed by atoms with Crippen LogP contribution in [0.3, 0.4) is 0 Å². The van der Waals surface area contributed by atoms with Crippen LogP contribution in [0, 0.1) is 11.8 Å². The fourth-order valence-corrected chi connectivity index (χ4v) is 13.4. The van der Waals surface area contributed by atoms with Crippen LogP contribution in [0.15, 0.2) is 163 Å². The number of carbonyl (C=O) groups is 3. The Morgan fingerprint density at radius 1 is 0.538 bits per heavy atom. The van der Waals surface area contributed by atoms with Crippen LogP contribution in [0.25, 0.3) is 33.7 Å². The number of halogens is 3. The number of anilines is 6. The molecule has 0 radical (unpaired) electrons. The lowest BCUT2D eigenvalue weighted by Crippen LogP contribution is -2.48. The van der Waals surface area contributed by atoms with Gasteiger partial charge in [0, 0.05) is 82.3 Å². The van der Waals surface area contributed by atoms with E-state index in [0.717, 1.165) is 76.0 Å². The van der Waals surface area contributed by atoms with Crippen molar-refractivity contribution in [3.05, 3.63) is 169 Å². The molecule has 5 fully saturated rings. The van der Waals surface area contributed by atoms with Gasteiger partial charge < -0.3 is 15.1 Å². The molecule has 91 heavy (non-hydrogen) atoms. The van der Waals surface area contributed by atoms with Gasteiger partial charge in [0.05, 0.1) is 13.1 Å². The Balaban J connectivity index is 0.000000149. The van der Waals surface area contributed by atoms with Crippen LogP contribution in [0.1, 0.15) is 51.4 Å². The maximum absolute atomic E-state index is 13.4. The van der Waals surface area contributed by atoms with Crippen LogP contribution < -0.4 is 36.0 Å². The van der Waals surface area contributed by atoms with Crippen LogP contribution in [0.4, 0.5) is 34.8 Å². The largest absolute Gasteiger partial charge is 0.371 e. The van der Waals surface area contributed by atoms with Gasteiger partial charge in [-0.2, -0.15) is 4.98 Å². The lowest BCUT2D eigenvalue weighted by Gasteiger charge is -2.44. The van der Waals surface area contributed by atoms with Crippen LogP contribution >= 0.6 is 59.6 Å². The molecule has 470 valence electrons. The number of amides is 3. The molecule has 8 aromatic heterocycles. The summed E-state index contributed by atoms with van der Waals surface area (Å²) < 4.78 is 8.89. The molecule has 5 aliphatic rings. The number of rotatable bonds is 13. The minimum absolute atomic E-state index is 0.0524. The van der Waals surface area contributed by atoms with Crippen LogP contribution in [0.5, 0.6) is 0 Å². The number of nitrogens with zero attached hydrogens (tertiary/aromatic N) is 17. The Bertz CT molecular complexity index is 4270. The summed E-state index contributed by atoms with van der Waals surface area (Å²) in [6, 6.07) is 30.6. The molecule has 1 aromatic carbocycles. The lowest BCUT2D eigenvalue weighted by molar-refractivity contribution is -0.117. The van der Waals surface area contributed by atoms with Gasteiger partial charge in [0.1, 0.15) is 42.0 Å². The first-order chi connectivity index (χ1) is 44.2. The number of hydrogen-bond donors (Lipinski definition) is 1. The predicted octanol–water partition coefficient (Wildman–Crippen LogP) is 10.4. The van der Waals surface area contributed by atoms with Crippen molar-refractivity contribution in [3.8, 4) is 11.6 Å². The summed E-state index contributed by atoms with van der Waals surface area (Å²) in [7, 11) is 2.23. The van der Waals surface area contributed by atoms with Gasteiger partial charge in [-0.05, 0) is 184 Å². The first kappa shape index (κ1) is 64.3. The summed E-state index contributed by atoms with van der Waals surface area (Å²) in [5.41, 5.74) is 2.57. The molecule has 23 nitrogen and oxygen atoms in total. The highest BCUT2D eigenvalue weighted by Gasteiger charge is 2.33. The number of hydrogen-bond acceptors (Lipinski definition) is 17. The number of carbonyl (C=O) groups excluding carboxylic acids is 3. The second-order valence-corrected chi connectivity index (χ2v) is 25.4. The monoisotopic (exact) mass is 1440 g/mol. The van der Waals surface area contributed by atoms with Crippen molar-refractivity contribution in [1.82, 2.24) is 63.5 Å². The Morgan fingerprint density at radius 3 is 1.48 bits per heavy atom. The van der Waals surface area contributed by atoms with E-state index in [0.29, 0.717) is 95.3 Å². The molecule has 0 bridgehead atoms. The number of nitrogens with one attached hydrogen (secondary N) is 1. The molecule has 27 heteroatoms. The first-order valence-electron chi connectivity index (χ1n) is 30.0. The van der Waals surface area contributed by atoms with Crippen molar-refractivity contribution < 1.29 is 14.4 Å². The summed E-state index contributed by atoms with van der Waals surface area (Å²) in [6.07, 6.45) is 15.0. The van der Waals surface area contributed by atoms with E-state index in [-0.39, 0.29) is 35.4 Å². The number of benzene rings is 1. The fourth-order valence-electron chi connectivity index (χ4n) is 11.8. The van der Waals surface area contributed by atoms with E-state index in [1.165, 1.54) is 52.7 Å². The van der Waals surface area contributed by atoms with E-state index < -0.39 is 0 Å². The Labute approximate surface area is 554 Å². The number of likely N-dealkylation sites (tertiary alicyclic amines) is 1. The Morgan fingerprint density at radius 2 is 1.00 bits per heavy atom. The van der Waals surface area contributed by atoms with E-state index in [1.807, 2.05) is 66.9 Å². The quantitative estimate of drug-likeness (QED) is 0.0489. The fraction of sp³-hybridized carbons (Fsp3) is 0.328. The zero-order valence-electron chi connectivity index (χ0n) is 50.3. The molecule has 2 atom stereocenters. The summed E-state index contributed by atoms with van der Waals surface area (Å²) in [5, 5.41) is 4.68. The molecular weight excluding hydrogens is 1370 g/mol. The van der Waals surface area contributed by atoms with Crippen molar-refractivity contribution in [3.63, 3.8) is 0 Å². The highest BCUT2D eigenvalue weighted by atomic mass is 79.9. The van der Waals surface area contributed by atoms with Crippen LogP contribution in [-0.4, -0.2) is 140 Å². The molecule has 0 spiro atoms. The SMILES string of the molecule is Brc1cccc(Br)n1.C=CCn1c(=O)c2cnc(Nc3ccc(N4CCC5CN(C)CCC5C4)cc3)nc2n1-c1cccc(N2CCCC2=O)n1.C=CCn1c(=O)c2cnc(SC)nc2n1-c1cccc(N2CCCC2=O)n1.O=C1CCCN1c1cccc(Br)n1. The average Bonchev–Trinajstić information content (AvgIpc) is 1.64. The predicted molar refractivity (Wildman–Crippen MR) is 366 cm³/mol. The molecule has 13 heterocycles. The van der Waals surface area contributed by atoms with Gasteiger partial charge in [0.25, 0.3) is 11.1 Å². The minimum Gasteiger partial charge on any atom is -0.371 e. The van der Waals surface area contributed by atoms with Crippen molar-refractivity contribution in [2.24, 2.45) is 11.8 Å². The maximum atomic E-state index is 13.4. The highest BCUT2D eigenvalue weighted by Crippen LogP contribution is 2.34. The second-order valence-electron chi connectivity index (χ2n) is 22.2. The van der Waals surface area contributed by atoms with Gasteiger partial charge >= 0.3 is 0 Å². The number of pyridine rings is 4. The third-order valence-electron chi connectivity index (χ3n) is 16.2. The van der Waals surface area contributed by atoms with Crippen LogP contribution in [0.2, 0.25) is 0 Å². The average molecular weight is 1440 g/mol. The van der Waals surface area contributed by atoms with Crippen molar-refractivity contribution in [2.45, 2.75) is 69.6 Å². The number of thioether (sulfide) groups is 1. The van der Waals surface area contributed by atoms with E-state index in [9.17, 15) is 24.0 Å². The van der Waals surface area contributed by atoms with Gasteiger partial charge in [0.2, 0.25) is 23.7 Å². The Kier molecular flexibility index (Phi) is 20.7. The van der Waals surface area contributed by atoms with E-state index >= 15 is 0 Å². The topological polar surface area (TPSA) is 236 Å². The van der Waals surface area contributed by atoms with Crippen LogP contribution in [-0.2, 0) is 27.5 Å². The van der Waals surface area contributed by atoms with Gasteiger partial charge in [-0.15, -0.1) is 13.2 Å². The molecule has 2 unspecified atom stereocenters. The molecule has 5 saturated heterocycles. The van der Waals surface area contributed by atoms with E-state index in [2.05, 4.69) is 137 Å². The third-order valence-corrected chi connectivity index (χ3v) is 18.1. The molecule has 9 aromatic rings. The van der Waals surface area contributed by atoms with Crippen molar-refractivity contribution in [1.29, 1.82) is 0 Å². The standard InChI is InChI=1S/C32H37N9O2.C18H18N6O2S.C9H9BrN2O.C5H3Br2N/c1-3-15-40-31(43)26-19-33-32(36-30(26)41(40)28-7-4-6-27(35-28)39-16-5-8-29(39)42)34-24-9-11-25(12-10-24)38-18-14-22-20-37(2)17-13-23(22)21-38;1-3-9-23-17(26)12-11-19-18(27-2)21-16(12)24(23)14-7-4-6-13(20-14)22-10-5-8-15(22)25;10-7-3-1-4-8(11-7)12-6-2-5-9(12)13;6-4-2-1-3-5(7)8-4/h3-4,6-7,9-12,19,22-23H,1,5,8,13-18,20-21H2,2H3,(H,33,34,36);3-4,6-7,11H,1,5,8-10H2,2H3;1,3-4H,2,5-6H2;1-3H. The summed E-state index contributed by atoms with van der Waals surface area (Å²) in [4.78, 5) is 108.